The Kier molecular flexibility index (Phi) is 7.18. The molecule has 2 aromatic rings. The zero-order valence-corrected chi connectivity index (χ0v) is 17.7. The van der Waals surface area contributed by atoms with Crippen LogP contribution in [0.2, 0.25) is 0 Å². The Morgan fingerprint density at radius 1 is 1.31 bits per heavy atom. The molecular formula is C17H23FIN5OS. The second kappa shape index (κ2) is 8.96. The van der Waals surface area contributed by atoms with Gasteiger partial charge in [-0.25, -0.2) is 14.4 Å². The van der Waals surface area contributed by atoms with Crippen LogP contribution in [0.25, 0.3) is 0 Å². The highest BCUT2D eigenvalue weighted by molar-refractivity contribution is 14.0. The van der Waals surface area contributed by atoms with E-state index < -0.39 is 5.60 Å². The van der Waals surface area contributed by atoms with Gasteiger partial charge >= 0.3 is 0 Å². The van der Waals surface area contributed by atoms with E-state index >= 15 is 0 Å². The molecule has 26 heavy (non-hydrogen) atoms. The SMILES string of the molecule is CC(O)(CN=C(N)N1CCN(c2nccs2)CC1)c1ccc(F)cc1.I. The van der Waals surface area contributed by atoms with Gasteiger partial charge in [0.15, 0.2) is 11.1 Å². The predicted octanol–water partition coefficient (Wildman–Crippen LogP) is 2.24. The molecular weight excluding hydrogens is 468 g/mol. The van der Waals surface area contributed by atoms with Crippen LogP contribution < -0.4 is 10.6 Å². The summed E-state index contributed by atoms with van der Waals surface area (Å²) in [6, 6.07) is 5.78. The molecule has 0 radical (unpaired) electrons. The van der Waals surface area contributed by atoms with Crippen molar-refractivity contribution in [3.63, 3.8) is 0 Å². The average molecular weight is 491 g/mol. The minimum absolute atomic E-state index is 0. The molecule has 1 unspecified atom stereocenters. The number of guanidine groups is 1. The summed E-state index contributed by atoms with van der Waals surface area (Å²) in [6.07, 6.45) is 1.81. The van der Waals surface area contributed by atoms with Gasteiger partial charge in [-0.1, -0.05) is 12.1 Å². The number of piperazine rings is 1. The lowest BCUT2D eigenvalue weighted by Gasteiger charge is -2.35. The molecule has 3 rings (SSSR count). The quantitative estimate of drug-likeness (QED) is 0.390. The van der Waals surface area contributed by atoms with E-state index in [-0.39, 0.29) is 36.3 Å². The van der Waals surface area contributed by atoms with Crippen molar-refractivity contribution in [2.45, 2.75) is 12.5 Å². The summed E-state index contributed by atoms with van der Waals surface area (Å²) < 4.78 is 13.0. The highest BCUT2D eigenvalue weighted by atomic mass is 127. The lowest BCUT2D eigenvalue weighted by molar-refractivity contribution is 0.0669. The maximum atomic E-state index is 13.0. The lowest BCUT2D eigenvalue weighted by atomic mass is 9.96. The number of halogens is 2. The van der Waals surface area contributed by atoms with Crippen molar-refractivity contribution in [1.29, 1.82) is 0 Å². The van der Waals surface area contributed by atoms with Crippen LogP contribution in [0.15, 0.2) is 40.8 Å². The van der Waals surface area contributed by atoms with Crippen LogP contribution >= 0.6 is 35.3 Å². The Labute approximate surface area is 173 Å². The molecule has 0 amide bonds. The van der Waals surface area contributed by atoms with Crippen LogP contribution in [0.5, 0.6) is 0 Å². The van der Waals surface area contributed by atoms with E-state index in [9.17, 15) is 9.50 Å². The van der Waals surface area contributed by atoms with Crippen LogP contribution in [0.1, 0.15) is 12.5 Å². The molecule has 3 N–H and O–H groups in total. The molecule has 0 aliphatic carbocycles. The van der Waals surface area contributed by atoms with Crippen molar-refractivity contribution in [1.82, 2.24) is 9.88 Å². The molecule has 9 heteroatoms. The first-order valence-corrected chi connectivity index (χ1v) is 9.01. The van der Waals surface area contributed by atoms with E-state index in [1.165, 1.54) is 12.1 Å². The minimum atomic E-state index is -1.19. The molecule has 0 bridgehead atoms. The molecule has 142 valence electrons. The molecule has 2 heterocycles. The molecule has 6 nitrogen and oxygen atoms in total. The van der Waals surface area contributed by atoms with E-state index in [4.69, 9.17) is 5.73 Å². The van der Waals surface area contributed by atoms with E-state index in [2.05, 4.69) is 14.9 Å². The smallest absolute Gasteiger partial charge is 0.191 e. The summed E-state index contributed by atoms with van der Waals surface area (Å²) in [4.78, 5) is 12.9. The van der Waals surface area contributed by atoms with Gasteiger partial charge in [0, 0.05) is 37.8 Å². The van der Waals surface area contributed by atoms with Gasteiger partial charge in [0.25, 0.3) is 0 Å². The number of aliphatic imine (C=N–C) groups is 1. The van der Waals surface area contributed by atoms with Crippen LogP contribution in [-0.2, 0) is 5.60 Å². The Bertz CT molecular complexity index is 715. The average Bonchev–Trinajstić information content (AvgIpc) is 3.15. The first-order valence-electron chi connectivity index (χ1n) is 8.13. The summed E-state index contributed by atoms with van der Waals surface area (Å²) in [5.74, 6) is 0.0850. The molecule has 1 aliphatic heterocycles. The standard InChI is InChI=1S/C17H22FN5OS.HI/c1-17(24,13-2-4-14(18)5-3-13)12-21-15(19)22-7-9-23(10-8-22)16-20-6-11-25-16;/h2-6,11,24H,7-10,12H2,1H3,(H2,19,21);1H. The van der Waals surface area contributed by atoms with Gasteiger partial charge in [0.05, 0.1) is 6.54 Å². The third-order valence-electron chi connectivity index (χ3n) is 4.31. The van der Waals surface area contributed by atoms with Gasteiger partial charge < -0.3 is 20.6 Å². The van der Waals surface area contributed by atoms with E-state index in [0.29, 0.717) is 11.5 Å². The molecule has 0 saturated carbocycles. The van der Waals surface area contributed by atoms with Crippen LogP contribution in [0.4, 0.5) is 9.52 Å². The fraction of sp³-hybridized carbons (Fsp3) is 0.412. The lowest BCUT2D eigenvalue weighted by Crippen LogP contribution is -2.51. The zero-order valence-electron chi connectivity index (χ0n) is 14.5. The van der Waals surface area contributed by atoms with E-state index in [1.54, 1.807) is 36.6 Å². The fourth-order valence-corrected chi connectivity index (χ4v) is 3.43. The van der Waals surface area contributed by atoms with Gasteiger partial charge in [-0.15, -0.1) is 35.3 Å². The highest BCUT2D eigenvalue weighted by Gasteiger charge is 2.24. The fourth-order valence-electron chi connectivity index (χ4n) is 2.73. The number of nitrogens with zero attached hydrogens (tertiary/aromatic N) is 4. The van der Waals surface area contributed by atoms with Crippen molar-refractivity contribution in [2.75, 3.05) is 37.6 Å². The number of aliphatic hydroxyl groups is 1. The first-order chi connectivity index (χ1) is 12.0. The van der Waals surface area contributed by atoms with Crippen LogP contribution in [0.3, 0.4) is 0 Å². The number of anilines is 1. The Hall–Kier alpha value is -1.46. The summed E-state index contributed by atoms with van der Waals surface area (Å²) in [5, 5.41) is 13.6. The van der Waals surface area contributed by atoms with E-state index in [0.717, 1.165) is 31.3 Å². The van der Waals surface area contributed by atoms with Crippen molar-refractivity contribution in [2.24, 2.45) is 10.7 Å². The maximum Gasteiger partial charge on any atom is 0.191 e. The zero-order chi connectivity index (χ0) is 17.9. The molecule has 1 saturated heterocycles. The minimum Gasteiger partial charge on any atom is -0.384 e. The van der Waals surface area contributed by atoms with Crippen molar-refractivity contribution >= 4 is 46.4 Å². The van der Waals surface area contributed by atoms with Gasteiger partial charge in [-0.3, -0.25) is 0 Å². The van der Waals surface area contributed by atoms with Crippen molar-refractivity contribution in [3.8, 4) is 0 Å². The Morgan fingerprint density at radius 2 is 1.96 bits per heavy atom. The number of nitrogens with two attached hydrogens (primary N) is 1. The van der Waals surface area contributed by atoms with Crippen molar-refractivity contribution < 1.29 is 9.50 Å². The van der Waals surface area contributed by atoms with Gasteiger partial charge in [-0.2, -0.15) is 0 Å². The topological polar surface area (TPSA) is 78.0 Å². The predicted molar refractivity (Wildman–Crippen MR) is 114 cm³/mol. The second-order valence-corrected chi connectivity index (χ2v) is 7.12. The Morgan fingerprint density at radius 3 is 2.54 bits per heavy atom. The third-order valence-corrected chi connectivity index (χ3v) is 5.14. The molecule has 1 aliphatic rings. The molecule has 0 spiro atoms. The second-order valence-electron chi connectivity index (χ2n) is 6.24. The molecule has 1 aromatic carbocycles. The first kappa shape index (κ1) is 20.8. The largest absolute Gasteiger partial charge is 0.384 e. The highest BCUT2D eigenvalue weighted by Crippen LogP contribution is 2.22. The molecule has 1 fully saturated rings. The summed E-state index contributed by atoms with van der Waals surface area (Å²) in [7, 11) is 0. The number of rotatable bonds is 4. The monoisotopic (exact) mass is 491 g/mol. The van der Waals surface area contributed by atoms with Crippen molar-refractivity contribution in [3.05, 3.63) is 47.2 Å². The normalized spacial score (nSPS) is 17.6. The maximum absolute atomic E-state index is 13.0. The number of hydrogen-bond acceptors (Lipinski definition) is 5. The number of thiazole rings is 1. The summed E-state index contributed by atoms with van der Waals surface area (Å²) in [5.41, 5.74) is 5.51. The van der Waals surface area contributed by atoms with Gasteiger partial charge in [-0.05, 0) is 24.6 Å². The van der Waals surface area contributed by atoms with E-state index in [1.807, 2.05) is 10.3 Å². The number of aromatic nitrogens is 1. The van der Waals surface area contributed by atoms with Gasteiger partial charge in [0.2, 0.25) is 0 Å². The number of benzene rings is 1. The van der Waals surface area contributed by atoms with Crippen LogP contribution in [-0.4, -0.2) is 53.7 Å². The third kappa shape index (κ3) is 5.04. The summed E-state index contributed by atoms with van der Waals surface area (Å²) >= 11 is 1.63. The number of hydrogen-bond donors (Lipinski definition) is 2. The molecule has 1 aromatic heterocycles. The molecule has 1 atom stereocenters. The van der Waals surface area contributed by atoms with Gasteiger partial charge in [0.1, 0.15) is 11.4 Å². The Balaban J connectivity index is 0.00000243. The van der Waals surface area contributed by atoms with Crippen LogP contribution in [0, 0.1) is 5.82 Å². The summed E-state index contributed by atoms with van der Waals surface area (Å²) in [6.45, 7) is 4.95.